The Hall–Kier alpha value is -1.26. The van der Waals surface area contributed by atoms with Gasteiger partial charge in [0.2, 0.25) is 0 Å². The standard InChI is InChI=1S/C9H8Cl2N4/c1-15-9(6(12)4-13-15)5-2-7(10)14-8(11)3-5/h2-4H,12H2,1H3. The second-order valence-electron chi connectivity index (χ2n) is 3.07. The predicted molar refractivity (Wildman–Crippen MR) is 60.9 cm³/mol. The van der Waals surface area contributed by atoms with Gasteiger partial charge in [-0.2, -0.15) is 5.10 Å². The monoisotopic (exact) mass is 242 g/mol. The molecule has 0 radical (unpaired) electrons. The number of halogens is 2. The first kappa shape index (κ1) is 10.3. The third kappa shape index (κ3) is 1.91. The van der Waals surface area contributed by atoms with E-state index in [1.807, 2.05) is 0 Å². The maximum atomic E-state index is 5.81. The van der Waals surface area contributed by atoms with Crippen LogP contribution in [0.25, 0.3) is 11.3 Å². The van der Waals surface area contributed by atoms with E-state index in [1.165, 1.54) is 0 Å². The van der Waals surface area contributed by atoms with Crippen molar-refractivity contribution in [3.8, 4) is 11.3 Å². The molecule has 2 N–H and O–H groups in total. The van der Waals surface area contributed by atoms with E-state index in [0.717, 1.165) is 11.3 Å². The molecule has 0 bridgehead atoms. The van der Waals surface area contributed by atoms with Gasteiger partial charge in [-0.3, -0.25) is 4.68 Å². The van der Waals surface area contributed by atoms with Crippen molar-refractivity contribution < 1.29 is 0 Å². The summed E-state index contributed by atoms with van der Waals surface area (Å²) in [6.45, 7) is 0. The molecule has 2 heterocycles. The van der Waals surface area contributed by atoms with Crippen LogP contribution in [0.3, 0.4) is 0 Å². The molecule has 0 aliphatic rings. The highest BCUT2D eigenvalue weighted by molar-refractivity contribution is 6.32. The topological polar surface area (TPSA) is 56.7 Å². The van der Waals surface area contributed by atoms with Crippen molar-refractivity contribution in [1.82, 2.24) is 14.8 Å². The zero-order valence-electron chi connectivity index (χ0n) is 7.91. The van der Waals surface area contributed by atoms with Gasteiger partial charge >= 0.3 is 0 Å². The highest BCUT2D eigenvalue weighted by atomic mass is 35.5. The Bertz CT molecular complexity index is 467. The fourth-order valence-corrected chi connectivity index (χ4v) is 1.87. The number of nitrogen functional groups attached to an aromatic ring is 1. The predicted octanol–water partition coefficient (Wildman–Crippen LogP) is 2.37. The van der Waals surface area contributed by atoms with Gasteiger partial charge in [0.05, 0.1) is 17.6 Å². The van der Waals surface area contributed by atoms with Crippen molar-refractivity contribution in [3.63, 3.8) is 0 Å². The van der Waals surface area contributed by atoms with Gasteiger partial charge in [0.15, 0.2) is 0 Å². The molecule has 4 nitrogen and oxygen atoms in total. The number of nitrogens with two attached hydrogens (primary N) is 1. The molecule has 0 fully saturated rings. The lowest BCUT2D eigenvalue weighted by Crippen LogP contribution is -1.96. The van der Waals surface area contributed by atoms with Gasteiger partial charge in [0, 0.05) is 12.6 Å². The van der Waals surface area contributed by atoms with E-state index in [1.54, 1.807) is 30.1 Å². The molecule has 6 heteroatoms. The third-order valence-electron chi connectivity index (χ3n) is 2.00. The zero-order chi connectivity index (χ0) is 11.0. The van der Waals surface area contributed by atoms with Gasteiger partial charge in [-0.25, -0.2) is 4.98 Å². The SMILES string of the molecule is Cn1ncc(N)c1-c1cc(Cl)nc(Cl)c1. The van der Waals surface area contributed by atoms with E-state index in [4.69, 9.17) is 28.9 Å². The van der Waals surface area contributed by atoms with Gasteiger partial charge in [-0.05, 0) is 12.1 Å². The molecular weight excluding hydrogens is 235 g/mol. The molecular formula is C9H8Cl2N4. The second kappa shape index (κ2) is 3.72. The van der Waals surface area contributed by atoms with E-state index in [0.29, 0.717) is 16.0 Å². The number of aryl methyl sites for hydroxylation is 1. The summed E-state index contributed by atoms with van der Waals surface area (Å²) in [7, 11) is 1.80. The first-order valence-electron chi connectivity index (χ1n) is 4.19. The maximum Gasteiger partial charge on any atom is 0.131 e. The lowest BCUT2D eigenvalue weighted by atomic mass is 10.2. The summed E-state index contributed by atoms with van der Waals surface area (Å²) in [5.41, 5.74) is 7.95. The molecule has 2 rings (SSSR count). The Morgan fingerprint density at radius 2 is 1.87 bits per heavy atom. The van der Waals surface area contributed by atoms with Crippen molar-refractivity contribution >= 4 is 28.9 Å². The van der Waals surface area contributed by atoms with Crippen LogP contribution in [0.1, 0.15) is 0 Å². The van der Waals surface area contributed by atoms with Crippen LogP contribution >= 0.6 is 23.2 Å². The number of aromatic nitrogens is 3. The molecule has 0 amide bonds. The fourth-order valence-electron chi connectivity index (χ4n) is 1.41. The molecule has 0 spiro atoms. The van der Waals surface area contributed by atoms with Crippen LogP contribution in [0.4, 0.5) is 5.69 Å². The summed E-state index contributed by atoms with van der Waals surface area (Å²) in [6, 6.07) is 3.39. The van der Waals surface area contributed by atoms with Crippen molar-refractivity contribution in [3.05, 3.63) is 28.6 Å². The molecule has 0 saturated carbocycles. The lowest BCUT2D eigenvalue weighted by molar-refractivity contribution is 0.776. The summed E-state index contributed by atoms with van der Waals surface area (Å²) < 4.78 is 1.66. The zero-order valence-corrected chi connectivity index (χ0v) is 9.42. The normalized spacial score (nSPS) is 10.6. The van der Waals surface area contributed by atoms with Crippen LogP contribution in [0, 0.1) is 0 Å². The smallest absolute Gasteiger partial charge is 0.131 e. The molecule has 0 atom stereocenters. The lowest BCUT2D eigenvalue weighted by Gasteiger charge is -2.04. The van der Waals surface area contributed by atoms with Crippen LogP contribution in [0.15, 0.2) is 18.3 Å². The summed E-state index contributed by atoms with van der Waals surface area (Å²) in [5, 5.41) is 4.70. The van der Waals surface area contributed by atoms with Crippen molar-refractivity contribution in [2.75, 3.05) is 5.73 Å². The van der Waals surface area contributed by atoms with Crippen LogP contribution in [0.2, 0.25) is 10.3 Å². The number of pyridine rings is 1. The van der Waals surface area contributed by atoms with Gasteiger partial charge < -0.3 is 5.73 Å². The average Bonchev–Trinajstić information content (AvgIpc) is 2.44. The summed E-state index contributed by atoms with van der Waals surface area (Å²) >= 11 is 11.6. The Kier molecular flexibility index (Phi) is 2.54. The molecule has 0 aliphatic heterocycles. The van der Waals surface area contributed by atoms with Crippen molar-refractivity contribution in [2.24, 2.45) is 7.05 Å². The maximum absolute atomic E-state index is 5.81. The van der Waals surface area contributed by atoms with Crippen molar-refractivity contribution in [1.29, 1.82) is 0 Å². The molecule has 0 unspecified atom stereocenters. The van der Waals surface area contributed by atoms with Gasteiger partial charge in [0.25, 0.3) is 0 Å². The molecule has 2 aromatic heterocycles. The summed E-state index contributed by atoms with van der Waals surface area (Å²) in [6.07, 6.45) is 1.58. The molecule has 78 valence electrons. The number of nitrogens with zero attached hydrogens (tertiary/aromatic N) is 3. The van der Waals surface area contributed by atoms with E-state index in [-0.39, 0.29) is 0 Å². The van der Waals surface area contributed by atoms with E-state index >= 15 is 0 Å². The summed E-state index contributed by atoms with van der Waals surface area (Å²) in [4.78, 5) is 3.86. The Labute approximate surface area is 96.6 Å². The minimum atomic E-state index is 0.332. The van der Waals surface area contributed by atoms with Crippen LogP contribution in [0.5, 0.6) is 0 Å². The van der Waals surface area contributed by atoms with Crippen LogP contribution in [-0.2, 0) is 7.05 Å². The van der Waals surface area contributed by atoms with E-state index in [2.05, 4.69) is 10.1 Å². The van der Waals surface area contributed by atoms with Crippen LogP contribution < -0.4 is 5.73 Å². The van der Waals surface area contributed by atoms with Gasteiger partial charge in [-0.15, -0.1) is 0 Å². The molecule has 15 heavy (non-hydrogen) atoms. The first-order chi connectivity index (χ1) is 7.08. The number of hydrogen-bond donors (Lipinski definition) is 1. The highest BCUT2D eigenvalue weighted by Gasteiger charge is 2.10. The third-order valence-corrected chi connectivity index (χ3v) is 2.39. The minimum absolute atomic E-state index is 0.332. The average molecular weight is 243 g/mol. The number of rotatable bonds is 1. The second-order valence-corrected chi connectivity index (χ2v) is 3.85. The minimum Gasteiger partial charge on any atom is -0.396 e. The van der Waals surface area contributed by atoms with Crippen LogP contribution in [-0.4, -0.2) is 14.8 Å². The van der Waals surface area contributed by atoms with Gasteiger partial charge in [0.1, 0.15) is 10.3 Å². The molecule has 0 saturated heterocycles. The first-order valence-corrected chi connectivity index (χ1v) is 4.94. The fraction of sp³-hybridized carbons (Fsp3) is 0.111. The molecule has 0 aliphatic carbocycles. The highest BCUT2D eigenvalue weighted by Crippen LogP contribution is 2.28. The Morgan fingerprint density at radius 3 is 2.33 bits per heavy atom. The van der Waals surface area contributed by atoms with Gasteiger partial charge in [-0.1, -0.05) is 23.2 Å². The number of anilines is 1. The number of hydrogen-bond acceptors (Lipinski definition) is 3. The Morgan fingerprint density at radius 1 is 1.27 bits per heavy atom. The Balaban J connectivity index is 2.63. The summed E-state index contributed by atoms with van der Waals surface area (Å²) in [5.74, 6) is 0. The largest absolute Gasteiger partial charge is 0.396 e. The quantitative estimate of drug-likeness (QED) is 0.782. The van der Waals surface area contributed by atoms with E-state index < -0.39 is 0 Å². The van der Waals surface area contributed by atoms with Crippen molar-refractivity contribution in [2.45, 2.75) is 0 Å². The molecule has 0 aromatic carbocycles. The molecule has 2 aromatic rings. The van der Waals surface area contributed by atoms with E-state index in [9.17, 15) is 0 Å².